The molecule has 0 amide bonds. The average Bonchev–Trinajstić information content (AvgIpc) is 3.32. The monoisotopic (exact) mass is 339 g/mol. The highest BCUT2D eigenvalue weighted by molar-refractivity contribution is 5.29. The number of piperidine rings is 1. The van der Waals surface area contributed by atoms with Gasteiger partial charge in [0.15, 0.2) is 5.82 Å². The third-order valence-electron chi connectivity index (χ3n) is 4.64. The van der Waals surface area contributed by atoms with Crippen molar-refractivity contribution < 1.29 is 0 Å². The number of hydrogen-bond acceptors (Lipinski definition) is 7. The van der Waals surface area contributed by atoms with E-state index in [1.807, 2.05) is 6.07 Å². The second-order valence-electron chi connectivity index (χ2n) is 6.12. The summed E-state index contributed by atoms with van der Waals surface area (Å²) in [6.07, 6.45) is 8.87. The minimum atomic E-state index is 0.414. The summed E-state index contributed by atoms with van der Waals surface area (Å²) in [7, 11) is 0. The van der Waals surface area contributed by atoms with Crippen LogP contribution in [-0.4, -0.2) is 52.6 Å². The van der Waals surface area contributed by atoms with Crippen molar-refractivity contribution in [3.63, 3.8) is 0 Å². The predicted molar refractivity (Wildman–Crippen MR) is 91.0 cm³/mol. The van der Waals surface area contributed by atoms with Crippen LogP contribution in [0.5, 0.6) is 0 Å². The summed E-state index contributed by atoms with van der Waals surface area (Å²) in [4.78, 5) is 14.9. The molecule has 0 spiro atoms. The van der Waals surface area contributed by atoms with E-state index in [1.54, 1.807) is 23.4 Å². The maximum absolute atomic E-state index is 4.49. The molecule has 1 aliphatic heterocycles. The van der Waals surface area contributed by atoms with Crippen LogP contribution in [0.15, 0.2) is 31.1 Å². The first-order valence-corrected chi connectivity index (χ1v) is 8.61. The Morgan fingerprint density at radius 3 is 2.60 bits per heavy atom. The van der Waals surface area contributed by atoms with Crippen molar-refractivity contribution in [1.29, 1.82) is 0 Å². The van der Waals surface area contributed by atoms with Crippen LogP contribution in [0.1, 0.15) is 37.3 Å². The van der Waals surface area contributed by atoms with Gasteiger partial charge in [0.05, 0.1) is 0 Å². The zero-order chi connectivity index (χ0) is 17.1. The van der Waals surface area contributed by atoms with Gasteiger partial charge in [-0.1, -0.05) is 0 Å². The van der Waals surface area contributed by atoms with Gasteiger partial charge in [0.1, 0.15) is 25.0 Å². The van der Waals surface area contributed by atoms with E-state index >= 15 is 0 Å². The van der Waals surface area contributed by atoms with Crippen molar-refractivity contribution in [2.75, 3.05) is 18.0 Å². The van der Waals surface area contributed by atoms with Crippen LogP contribution in [0.3, 0.4) is 0 Å². The normalized spacial score (nSPS) is 15.6. The van der Waals surface area contributed by atoms with E-state index in [4.69, 9.17) is 0 Å². The van der Waals surface area contributed by atoms with Crippen molar-refractivity contribution >= 4 is 5.95 Å². The van der Waals surface area contributed by atoms with Gasteiger partial charge in [-0.15, -0.1) is 10.2 Å². The van der Waals surface area contributed by atoms with Gasteiger partial charge in [-0.2, -0.15) is 5.10 Å². The van der Waals surface area contributed by atoms with Crippen LogP contribution >= 0.6 is 0 Å². The molecule has 0 radical (unpaired) electrons. The molecular weight excluding hydrogens is 318 g/mol. The number of aromatic nitrogens is 8. The van der Waals surface area contributed by atoms with Crippen LogP contribution in [-0.2, 0) is 13.1 Å². The van der Waals surface area contributed by atoms with Crippen LogP contribution in [0.2, 0.25) is 0 Å². The SMILES string of the molecule is CCn1c(Cn2cncn2)nnc1C1CCN(c2ncccn2)CC1. The van der Waals surface area contributed by atoms with E-state index in [0.29, 0.717) is 12.5 Å². The highest BCUT2D eigenvalue weighted by Crippen LogP contribution is 2.28. The Hall–Kier alpha value is -2.84. The summed E-state index contributed by atoms with van der Waals surface area (Å²) in [6, 6.07) is 1.84. The minimum Gasteiger partial charge on any atom is -0.341 e. The molecule has 0 N–H and O–H groups in total. The molecule has 0 atom stereocenters. The van der Waals surface area contributed by atoms with E-state index in [2.05, 4.69) is 46.6 Å². The van der Waals surface area contributed by atoms with Gasteiger partial charge in [-0.05, 0) is 25.8 Å². The Morgan fingerprint density at radius 1 is 1.12 bits per heavy atom. The van der Waals surface area contributed by atoms with Crippen molar-refractivity contribution in [3.05, 3.63) is 42.8 Å². The van der Waals surface area contributed by atoms with Gasteiger partial charge in [-0.3, -0.25) is 0 Å². The fraction of sp³-hybridized carbons (Fsp3) is 0.500. The summed E-state index contributed by atoms with van der Waals surface area (Å²) in [5.74, 6) is 3.23. The second-order valence-corrected chi connectivity index (χ2v) is 6.12. The molecule has 1 fully saturated rings. The molecule has 0 unspecified atom stereocenters. The predicted octanol–water partition coefficient (Wildman–Crippen LogP) is 1.11. The first-order chi connectivity index (χ1) is 12.3. The number of anilines is 1. The molecule has 130 valence electrons. The van der Waals surface area contributed by atoms with E-state index in [0.717, 1.165) is 50.1 Å². The average molecular weight is 339 g/mol. The molecule has 9 heteroatoms. The van der Waals surface area contributed by atoms with Crippen molar-refractivity contribution in [2.24, 2.45) is 0 Å². The first-order valence-electron chi connectivity index (χ1n) is 8.61. The number of rotatable bonds is 5. The molecule has 1 saturated heterocycles. The Bertz CT molecular complexity index is 788. The maximum atomic E-state index is 4.49. The lowest BCUT2D eigenvalue weighted by atomic mass is 9.96. The van der Waals surface area contributed by atoms with Gasteiger partial charge < -0.3 is 9.47 Å². The standard InChI is InChI=1S/C16H21N9/c1-2-25-14(10-24-12-17-11-20-24)21-22-15(25)13-4-8-23(9-5-13)16-18-6-3-7-19-16/h3,6-7,11-13H,2,4-5,8-10H2,1H3. The Balaban J connectivity index is 1.47. The maximum Gasteiger partial charge on any atom is 0.225 e. The lowest BCUT2D eigenvalue weighted by Crippen LogP contribution is -2.34. The zero-order valence-corrected chi connectivity index (χ0v) is 14.2. The van der Waals surface area contributed by atoms with Gasteiger partial charge in [0.25, 0.3) is 0 Å². The van der Waals surface area contributed by atoms with Crippen LogP contribution in [0, 0.1) is 0 Å². The fourth-order valence-corrected chi connectivity index (χ4v) is 3.36. The Morgan fingerprint density at radius 2 is 1.92 bits per heavy atom. The molecule has 0 aliphatic carbocycles. The lowest BCUT2D eigenvalue weighted by Gasteiger charge is -2.31. The van der Waals surface area contributed by atoms with Gasteiger partial charge in [0.2, 0.25) is 5.95 Å². The molecule has 3 aromatic rings. The zero-order valence-electron chi connectivity index (χ0n) is 14.2. The molecule has 0 bridgehead atoms. The second kappa shape index (κ2) is 6.96. The highest BCUT2D eigenvalue weighted by Gasteiger charge is 2.26. The van der Waals surface area contributed by atoms with Crippen LogP contribution in [0.4, 0.5) is 5.95 Å². The minimum absolute atomic E-state index is 0.414. The molecule has 1 aliphatic rings. The summed E-state index contributed by atoms with van der Waals surface area (Å²) < 4.78 is 3.98. The van der Waals surface area contributed by atoms with Gasteiger partial charge in [-0.25, -0.2) is 19.6 Å². The first kappa shape index (κ1) is 15.7. The number of nitrogens with zero attached hydrogens (tertiary/aromatic N) is 9. The molecule has 3 aromatic heterocycles. The van der Waals surface area contributed by atoms with Crippen molar-refractivity contribution in [2.45, 2.75) is 38.8 Å². The molecule has 9 nitrogen and oxygen atoms in total. The van der Waals surface area contributed by atoms with E-state index in [-0.39, 0.29) is 0 Å². The van der Waals surface area contributed by atoms with Crippen LogP contribution in [0.25, 0.3) is 0 Å². The Labute approximate surface area is 145 Å². The van der Waals surface area contributed by atoms with Gasteiger partial charge >= 0.3 is 0 Å². The quantitative estimate of drug-likeness (QED) is 0.688. The Kier molecular flexibility index (Phi) is 4.36. The third-order valence-corrected chi connectivity index (χ3v) is 4.64. The largest absolute Gasteiger partial charge is 0.341 e. The molecule has 4 heterocycles. The molecule has 0 aromatic carbocycles. The topological polar surface area (TPSA) is 90.4 Å². The van der Waals surface area contributed by atoms with E-state index in [9.17, 15) is 0 Å². The summed E-state index contributed by atoms with van der Waals surface area (Å²) in [5, 5.41) is 13.0. The van der Waals surface area contributed by atoms with E-state index in [1.165, 1.54) is 6.33 Å². The summed E-state index contributed by atoms with van der Waals surface area (Å²) >= 11 is 0. The van der Waals surface area contributed by atoms with E-state index < -0.39 is 0 Å². The number of hydrogen-bond donors (Lipinski definition) is 0. The molecular formula is C16H21N9. The molecule has 4 rings (SSSR count). The molecule has 0 saturated carbocycles. The van der Waals surface area contributed by atoms with Crippen molar-refractivity contribution in [3.8, 4) is 0 Å². The molecule has 25 heavy (non-hydrogen) atoms. The summed E-state index contributed by atoms with van der Waals surface area (Å²) in [5.41, 5.74) is 0. The van der Waals surface area contributed by atoms with Crippen molar-refractivity contribution in [1.82, 2.24) is 39.5 Å². The van der Waals surface area contributed by atoms with Crippen LogP contribution < -0.4 is 4.90 Å². The highest BCUT2D eigenvalue weighted by atomic mass is 15.4. The lowest BCUT2D eigenvalue weighted by molar-refractivity contribution is 0.459. The third kappa shape index (κ3) is 3.21. The van der Waals surface area contributed by atoms with Gasteiger partial charge in [0, 0.05) is 37.9 Å². The smallest absolute Gasteiger partial charge is 0.225 e. The summed E-state index contributed by atoms with van der Waals surface area (Å²) in [6.45, 7) is 5.45. The fourth-order valence-electron chi connectivity index (χ4n) is 3.36.